The van der Waals surface area contributed by atoms with E-state index in [9.17, 15) is 0 Å². The van der Waals surface area contributed by atoms with Gasteiger partial charge in [-0.05, 0) is 36.1 Å². The van der Waals surface area contributed by atoms with Crippen molar-refractivity contribution in [3.63, 3.8) is 0 Å². The van der Waals surface area contributed by atoms with Crippen LogP contribution in [0.2, 0.25) is 0 Å². The summed E-state index contributed by atoms with van der Waals surface area (Å²) in [6.45, 7) is 0. The van der Waals surface area contributed by atoms with Gasteiger partial charge < -0.3 is 4.52 Å². The van der Waals surface area contributed by atoms with Crippen molar-refractivity contribution in [3.8, 4) is 22.7 Å². The second-order valence-corrected chi connectivity index (χ2v) is 10.5. The lowest BCUT2D eigenvalue weighted by Gasteiger charge is -2.26. The fourth-order valence-electron chi connectivity index (χ4n) is 2.49. The van der Waals surface area contributed by atoms with E-state index in [0.717, 1.165) is 28.0 Å². The topological polar surface area (TPSA) is 27.1 Å². The van der Waals surface area contributed by atoms with Gasteiger partial charge in [-0.2, -0.15) is 5.10 Å². The van der Waals surface area contributed by atoms with Gasteiger partial charge in [-0.25, -0.2) is 4.68 Å². The van der Waals surface area contributed by atoms with E-state index in [-0.39, 0.29) is 0 Å². The highest BCUT2D eigenvalue weighted by molar-refractivity contribution is 8.64. The molecule has 0 spiro atoms. The number of fused-ring (bicyclic) bond motifs is 3. The highest BCUT2D eigenvalue weighted by Crippen LogP contribution is 2.58. The lowest BCUT2D eigenvalue weighted by atomic mass is 10.1. The molecule has 0 amide bonds. The van der Waals surface area contributed by atoms with Crippen molar-refractivity contribution in [1.82, 2.24) is 9.78 Å². The number of hydrogen-bond acceptors (Lipinski definition) is 3. The average molecular weight is 330 g/mol. The van der Waals surface area contributed by atoms with E-state index in [0.29, 0.717) is 0 Å². The average Bonchev–Trinajstić information content (AvgIpc) is 2.94. The zero-order valence-electron chi connectivity index (χ0n) is 10.9. The van der Waals surface area contributed by atoms with Crippen LogP contribution in [-0.4, -0.2) is 9.78 Å². The van der Waals surface area contributed by atoms with Crippen LogP contribution in [0.15, 0.2) is 60.8 Å². The van der Waals surface area contributed by atoms with Crippen molar-refractivity contribution in [2.75, 3.05) is 0 Å². The number of para-hydroxylation sites is 2. The number of thiol groups is 1. The van der Waals surface area contributed by atoms with Gasteiger partial charge in [0.25, 0.3) is 0 Å². The normalized spacial score (nSPS) is 19.5. The molecule has 0 aliphatic carbocycles. The molecule has 0 N–H and O–H groups in total. The molecule has 0 saturated heterocycles. The molecule has 21 heavy (non-hydrogen) atoms. The monoisotopic (exact) mass is 330 g/mol. The van der Waals surface area contributed by atoms with E-state index >= 15 is 0 Å². The van der Waals surface area contributed by atoms with Crippen LogP contribution < -0.4 is 9.83 Å². The van der Waals surface area contributed by atoms with Crippen LogP contribution in [-0.2, 0) is 11.8 Å². The maximum absolute atomic E-state index is 5.93. The molecule has 104 valence electrons. The Balaban J connectivity index is 2.05. The van der Waals surface area contributed by atoms with E-state index in [1.54, 1.807) is 6.20 Å². The molecule has 0 fully saturated rings. The molecule has 0 radical (unpaired) electrons. The van der Waals surface area contributed by atoms with Gasteiger partial charge in [-0.1, -0.05) is 42.6 Å². The summed E-state index contributed by atoms with van der Waals surface area (Å²) in [7, 11) is 0. The largest absolute Gasteiger partial charge is 0.452 e. The van der Waals surface area contributed by atoms with Crippen molar-refractivity contribution < 1.29 is 4.52 Å². The molecule has 3 aromatic rings. The Morgan fingerprint density at radius 3 is 2.57 bits per heavy atom. The summed E-state index contributed by atoms with van der Waals surface area (Å²) < 4.78 is 7.84. The zero-order chi connectivity index (χ0) is 14.4. The fourth-order valence-corrected chi connectivity index (χ4v) is 5.04. The Morgan fingerprint density at radius 2 is 1.76 bits per heavy atom. The Hall–Kier alpha value is -1.55. The summed E-state index contributed by atoms with van der Waals surface area (Å²) in [6.07, 6.45) is 1.78. The minimum Gasteiger partial charge on any atom is -0.452 e. The summed E-state index contributed by atoms with van der Waals surface area (Å²) in [5.41, 5.74) is 0.625. The van der Waals surface area contributed by atoms with Gasteiger partial charge >= 0.3 is 0 Å². The number of benzene rings is 2. The van der Waals surface area contributed by atoms with Gasteiger partial charge in [0.05, 0.1) is 22.9 Å². The molecular weight excluding hydrogens is 319 g/mol. The number of nitrogens with zero attached hydrogens (tertiary/aromatic N) is 2. The fraction of sp³-hybridized carbons (Fsp3) is 0. The summed E-state index contributed by atoms with van der Waals surface area (Å²) in [5.74, 6) is 0.779. The lowest BCUT2D eigenvalue weighted by molar-refractivity contribution is 0.631. The smallest absolute Gasteiger partial charge is 0.197 e. The van der Waals surface area contributed by atoms with E-state index in [4.69, 9.17) is 16.3 Å². The third kappa shape index (κ3) is 2.04. The van der Waals surface area contributed by atoms with Gasteiger partial charge in [0, 0.05) is 5.56 Å². The van der Waals surface area contributed by atoms with Crippen molar-refractivity contribution in [3.05, 3.63) is 60.8 Å². The van der Waals surface area contributed by atoms with Crippen molar-refractivity contribution >= 4 is 34.8 Å². The third-order valence-corrected chi connectivity index (χ3v) is 6.50. The second kappa shape index (κ2) is 4.73. The second-order valence-electron chi connectivity index (χ2n) is 4.73. The van der Waals surface area contributed by atoms with Crippen LogP contribution in [0.3, 0.4) is 0 Å². The van der Waals surface area contributed by atoms with Crippen LogP contribution in [0, 0.1) is 0 Å². The molecule has 0 bridgehead atoms. The van der Waals surface area contributed by atoms with Gasteiger partial charge in [-0.15, -0.1) is 0 Å². The molecular formula is C15H11N2OPS2. The molecule has 0 saturated carbocycles. The van der Waals surface area contributed by atoms with Crippen molar-refractivity contribution in [2.24, 2.45) is 0 Å². The quantitative estimate of drug-likeness (QED) is 0.543. The summed E-state index contributed by atoms with van der Waals surface area (Å²) in [5, 5.41) is 5.42. The predicted octanol–water partition coefficient (Wildman–Crippen LogP) is 3.80. The van der Waals surface area contributed by atoms with E-state index in [2.05, 4.69) is 17.3 Å². The van der Waals surface area contributed by atoms with Gasteiger partial charge in [-0.3, -0.25) is 0 Å². The highest BCUT2D eigenvalue weighted by Gasteiger charge is 2.33. The molecule has 1 atom stereocenters. The van der Waals surface area contributed by atoms with Gasteiger partial charge in [0.15, 0.2) is 5.47 Å². The minimum atomic E-state index is -2.36. The highest BCUT2D eigenvalue weighted by atomic mass is 32.9. The van der Waals surface area contributed by atoms with Crippen molar-refractivity contribution in [1.29, 1.82) is 0 Å². The first-order chi connectivity index (χ1) is 10.2. The molecule has 3 nitrogen and oxygen atoms in total. The maximum atomic E-state index is 5.93. The maximum Gasteiger partial charge on any atom is 0.197 e. The predicted molar refractivity (Wildman–Crippen MR) is 92.5 cm³/mol. The Morgan fingerprint density at radius 1 is 1.05 bits per heavy atom. The Kier molecular flexibility index (Phi) is 2.96. The molecule has 2 aromatic carbocycles. The van der Waals surface area contributed by atoms with Crippen LogP contribution in [0.4, 0.5) is 0 Å². The first kappa shape index (κ1) is 13.1. The van der Waals surface area contributed by atoms with Crippen LogP contribution in [0.25, 0.3) is 16.9 Å². The number of aromatic nitrogens is 2. The molecule has 6 heteroatoms. The van der Waals surface area contributed by atoms with Crippen LogP contribution in [0.5, 0.6) is 5.75 Å². The third-order valence-electron chi connectivity index (χ3n) is 3.42. The minimum absolute atomic E-state index is 0.779. The van der Waals surface area contributed by atoms with E-state index < -0.39 is 5.47 Å². The SMILES string of the molecule is S=P1(S)Oc2ccccc2-c2c1cnn2-c1ccccc1. The lowest BCUT2D eigenvalue weighted by Crippen LogP contribution is -2.14. The number of rotatable bonds is 1. The molecule has 2 heterocycles. The molecule has 1 aliphatic rings. The standard InChI is InChI=1S/C15H11N2OPS2/c20-19(21)14-10-16-17(11-6-2-1-3-7-11)15(14)12-8-4-5-9-13(12)18-19/h1-10H,(H,20,21). The summed E-state index contributed by atoms with van der Waals surface area (Å²) in [6, 6.07) is 17.9. The summed E-state index contributed by atoms with van der Waals surface area (Å²) in [4.78, 5) is 0. The molecule has 1 unspecified atom stereocenters. The zero-order valence-corrected chi connectivity index (χ0v) is 13.5. The van der Waals surface area contributed by atoms with Gasteiger partial charge in [0.1, 0.15) is 5.75 Å². The molecule has 1 aliphatic heterocycles. The molecule has 1 aromatic heterocycles. The summed E-state index contributed by atoms with van der Waals surface area (Å²) >= 11 is 10.2. The first-order valence-corrected chi connectivity index (χ1v) is 10.3. The Labute approximate surface area is 132 Å². The number of hydrogen-bond donors (Lipinski definition) is 1. The van der Waals surface area contributed by atoms with Crippen LogP contribution in [0.1, 0.15) is 0 Å². The van der Waals surface area contributed by atoms with Crippen LogP contribution >= 0.6 is 17.7 Å². The van der Waals surface area contributed by atoms with Gasteiger partial charge in [0.2, 0.25) is 0 Å². The van der Waals surface area contributed by atoms with E-state index in [1.807, 2.05) is 59.3 Å². The molecule has 4 rings (SSSR count). The Bertz CT molecular complexity index is 876. The van der Waals surface area contributed by atoms with Crippen molar-refractivity contribution in [2.45, 2.75) is 0 Å². The first-order valence-electron chi connectivity index (χ1n) is 6.43. The van der Waals surface area contributed by atoms with E-state index in [1.165, 1.54) is 0 Å².